The summed E-state index contributed by atoms with van der Waals surface area (Å²) in [5.74, 6) is -0.351. The molecule has 0 spiro atoms. The number of halogens is 1. The van der Waals surface area contributed by atoms with Crippen molar-refractivity contribution in [3.05, 3.63) is 54.1 Å². The molecule has 0 unspecified atom stereocenters. The third-order valence-corrected chi connectivity index (χ3v) is 7.08. The van der Waals surface area contributed by atoms with Crippen molar-refractivity contribution in [3.8, 4) is 11.1 Å². The van der Waals surface area contributed by atoms with Crippen LogP contribution in [0.3, 0.4) is 0 Å². The van der Waals surface area contributed by atoms with Crippen molar-refractivity contribution in [3.63, 3.8) is 0 Å². The van der Waals surface area contributed by atoms with E-state index in [1.165, 1.54) is 12.3 Å². The summed E-state index contributed by atoms with van der Waals surface area (Å²) in [7, 11) is -4.49. The highest BCUT2D eigenvalue weighted by atomic mass is 32.2. The van der Waals surface area contributed by atoms with Crippen LogP contribution >= 0.6 is 0 Å². The summed E-state index contributed by atoms with van der Waals surface area (Å²) >= 11 is 0. The van der Waals surface area contributed by atoms with Crippen LogP contribution in [0.4, 0.5) is 4.39 Å². The first-order valence-corrected chi connectivity index (χ1v) is 15.4. The fourth-order valence-electron chi connectivity index (χ4n) is 3.10. The summed E-state index contributed by atoms with van der Waals surface area (Å²) in [5, 5.41) is 0.430. The first kappa shape index (κ1) is 22.6. The lowest BCUT2D eigenvalue weighted by atomic mass is 10.0. The molecule has 0 saturated heterocycles. The fourth-order valence-corrected chi connectivity index (χ4v) is 4.28. The number of sulfonamides is 1. The van der Waals surface area contributed by atoms with E-state index in [0.29, 0.717) is 29.9 Å². The molecule has 162 valence electrons. The monoisotopic (exact) mass is 449 g/mol. The number of fused-ring (bicyclic) bond motifs is 1. The Kier molecular flexibility index (Phi) is 6.76. The molecule has 9 heteroatoms. The van der Waals surface area contributed by atoms with Crippen LogP contribution in [0.5, 0.6) is 0 Å². The van der Waals surface area contributed by atoms with Crippen molar-refractivity contribution >= 4 is 29.1 Å². The SMILES string of the molecule is C[Si](C)(C)CCOCn1cc(-c2cccc(CNS(C)(=O)=O)c2)c2c(F)ccnc21. The first-order chi connectivity index (χ1) is 14.0. The van der Waals surface area contributed by atoms with E-state index < -0.39 is 18.1 Å². The van der Waals surface area contributed by atoms with Crippen molar-refractivity contribution in [1.82, 2.24) is 14.3 Å². The Hall–Kier alpha value is -2.07. The predicted molar refractivity (Wildman–Crippen MR) is 121 cm³/mol. The van der Waals surface area contributed by atoms with Gasteiger partial charge in [0.05, 0.1) is 11.6 Å². The second-order valence-corrected chi connectivity index (χ2v) is 16.1. The van der Waals surface area contributed by atoms with Crippen LogP contribution in [0.15, 0.2) is 42.7 Å². The maximum absolute atomic E-state index is 14.7. The summed E-state index contributed by atoms with van der Waals surface area (Å²) in [5.41, 5.74) is 2.80. The quantitative estimate of drug-likeness (QED) is 0.392. The van der Waals surface area contributed by atoms with E-state index in [9.17, 15) is 12.8 Å². The lowest BCUT2D eigenvalue weighted by molar-refractivity contribution is 0.0899. The van der Waals surface area contributed by atoms with E-state index in [2.05, 4.69) is 29.3 Å². The van der Waals surface area contributed by atoms with Crippen LogP contribution in [-0.2, 0) is 28.0 Å². The molecule has 0 atom stereocenters. The van der Waals surface area contributed by atoms with Gasteiger partial charge in [-0.25, -0.2) is 22.5 Å². The summed E-state index contributed by atoms with van der Waals surface area (Å²) < 4.78 is 47.6. The third kappa shape index (κ3) is 5.97. The zero-order chi connectivity index (χ0) is 21.9. The smallest absolute Gasteiger partial charge is 0.209 e. The van der Waals surface area contributed by atoms with Gasteiger partial charge in [0.15, 0.2) is 0 Å². The fraction of sp³-hybridized carbons (Fsp3) is 0.381. The molecule has 3 rings (SSSR count). The first-order valence-electron chi connectivity index (χ1n) is 9.78. The van der Waals surface area contributed by atoms with E-state index in [4.69, 9.17) is 4.74 Å². The molecule has 0 amide bonds. The zero-order valence-corrected chi connectivity index (χ0v) is 19.6. The van der Waals surface area contributed by atoms with E-state index in [1.54, 1.807) is 0 Å². The number of pyridine rings is 1. The van der Waals surface area contributed by atoms with Crippen LogP contribution in [-0.4, -0.2) is 38.9 Å². The minimum atomic E-state index is -3.30. The zero-order valence-electron chi connectivity index (χ0n) is 17.8. The van der Waals surface area contributed by atoms with Gasteiger partial charge in [-0.1, -0.05) is 37.8 Å². The Morgan fingerprint density at radius 1 is 1.23 bits per heavy atom. The van der Waals surface area contributed by atoms with Crippen molar-refractivity contribution in [1.29, 1.82) is 0 Å². The number of ether oxygens (including phenoxy) is 1. The predicted octanol–water partition coefficient (Wildman–Crippen LogP) is 4.20. The van der Waals surface area contributed by atoms with Gasteiger partial charge in [0.1, 0.15) is 18.2 Å². The molecule has 0 radical (unpaired) electrons. The number of aromatic nitrogens is 2. The molecular formula is C21H28FN3O3SSi. The summed E-state index contributed by atoms with van der Waals surface area (Å²) in [6, 6.07) is 9.79. The van der Waals surface area contributed by atoms with Gasteiger partial charge in [0.25, 0.3) is 0 Å². The van der Waals surface area contributed by atoms with Crippen LogP contribution in [0.1, 0.15) is 5.56 Å². The average Bonchev–Trinajstić information content (AvgIpc) is 3.03. The number of nitrogens with zero attached hydrogens (tertiary/aromatic N) is 2. The summed E-state index contributed by atoms with van der Waals surface area (Å²) in [4.78, 5) is 4.37. The Labute approximate surface area is 178 Å². The molecule has 0 fully saturated rings. The highest BCUT2D eigenvalue weighted by Gasteiger charge is 2.17. The molecular weight excluding hydrogens is 421 g/mol. The molecule has 0 saturated carbocycles. The molecule has 1 aromatic carbocycles. The Balaban J connectivity index is 1.91. The van der Waals surface area contributed by atoms with Gasteiger partial charge in [0, 0.05) is 39.2 Å². The standard InChI is InChI=1S/C21H28FN3O3SSi/c1-29(26,27)24-13-16-6-5-7-17(12-16)18-14-25(15-28-10-11-30(2,3)4)21-20(18)19(22)8-9-23-21/h5-9,12,14,24H,10-11,13,15H2,1-4H3. The van der Waals surface area contributed by atoms with Gasteiger partial charge in [0.2, 0.25) is 10.0 Å². The molecule has 30 heavy (non-hydrogen) atoms. The van der Waals surface area contributed by atoms with Crippen LogP contribution in [0.2, 0.25) is 25.7 Å². The lowest BCUT2D eigenvalue weighted by Gasteiger charge is -2.15. The van der Waals surface area contributed by atoms with Crippen molar-refractivity contribution in [2.45, 2.75) is 39.0 Å². The number of nitrogens with one attached hydrogen (secondary N) is 1. The van der Waals surface area contributed by atoms with Gasteiger partial charge < -0.3 is 9.30 Å². The van der Waals surface area contributed by atoms with E-state index in [-0.39, 0.29) is 12.4 Å². The molecule has 0 aliphatic carbocycles. The number of hydrogen-bond donors (Lipinski definition) is 1. The Morgan fingerprint density at radius 3 is 2.70 bits per heavy atom. The average molecular weight is 450 g/mol. The highest BCUT2D eigenvalue weighted by Crippen LogP contribution is 2.32. The largest absolute Gasteiger partial charge is 0.361 e. The number of rotatable bonds is 9. The molecule has 6 nitrogen and oxygen atoms in total. The molecule has 0 bridgehead atoms. The topological polar surface area (TPSA) is 73.2 Å². The lowest BCUT2D eigenvalue weighted by Crippen LogP contribution is -2.22. The van der Waals surface area contributed by atoms with Crippen LogP contribution < -0.4 is 4.72 Å². The van der Waals surface area contributed by atoms with Crippen molar-refractivity contribution < 1.29 is 17.5 Å². The van der Waals surface area contributed by atoms with Crippen molar-refractivity contribution in [2.75, 3.05) is 12.9 Å². The van der Waals surface area contributed by atoms with E-state index in [1.807, 2.05) is 35.0 Å². The van der Waals surface area contributed by atoms with Gasteiger partial charge in [-0.05, 0) is 29.3 Å². The molecule has 0 aliphatic rings. The number of benzene rings is 1. The highest BCUT2D eigenvalue weighted by molar-refractivity contribution is 7.88. The number of hydrogen-bond acceptors (Lipinski definition) is 4. The van der Waals surface area contributed by atoms with Gasteiger partial charge in [-0.3, -0.25) is 0 Å². The van der Waals surface area contributed by atoms with Gasteiger partial charge in [-0.2, -0.15) is 0 Å². The Bertz CT molecular complexity index is 1140. The summed E-state index contributed by atoms with van der Waals surface area (Å²) in [6.07, 6.45) is 4.42. The van der Waals surface area contributed by atoms with E-state index in [0.717, 1.165) is 23.4 Å². The second-order valence-electron chi connectivity index (χ2n) is 8.65. The third-order valence-electron chi connectivity index (χ3n) is 4.71. The molecule has 2 aromatic heterocycles. The Morgan fingerprint density at radius 2 is 2.00 bits per heavy atom. The molecule has 0 aliphatic heterocycles. The van der Waals surface area contributed by atoms with Crippen LogP contribution in [0, 0.1) is 5.82 Å². The normalized spacial score (nSPS) is 12.6. The summed E-state index contributed by atoms with van der Waals surface area (Å²) in [6.45, 7) is 8.01. The van der Waals surface area contributed by atoms with Crippen molar-refractivity contribution in [2.24, 2.45) is 0 Å². The minimum Gasteiger partial charge on any atom is -0.361 e. The van der Waals surface area contributed by atoms with Gasteiger partial charge >= 0.3 is 0 Å². The van der Waals surface area contributed by atoms with E-state index >= 15 is 0 Å². The maximum Gasteiger partial charge on any atom is 0.209 e. The molecule has 1 N–H and O–H groups in total. The second kappa shape index (κ2) is 8.97. The maximum atomic E-state index is 14.7. The van der Waals surface area contributed by atoms with Crippen LogP contribution in [0.25, 0.3) is 22.2 Å². The molecule has 3 aromatic rings. The van der Waals surface area contributed by atoms with Gasteiger partial charge in [-0.15, -0.1) is 0 Å². The minimum absolute atomic E-state index is 0.172. The molecule has 2 heterocycles.